The molecule has 4 aromatic heterocycles. The van der Waals surface area contributed by atoms with Crippen LogP contribution in [0.2, 0.25) is 0 Å². The largest absolute Gasteiger partial charge is 0.435 e. The van der Waals surface area contributed by atoms with Gasteiger partial charge in [-0.25, -0.2) is 19.9 Å². The van der Waals surface area contributed by atoms with Gasteiger partial charge < -0.3 is 19.5 Å². The monoisotopic (exact) mass is 504 g/mol. The summed E-state index contributed by atoms with van der Waals surface area (Å²) >= 11 is 0. The summed E-state index contributed by atoms with van der Waals surface area (Å²) in [6, 6.07) is 24.9. The Labute approximate surface area is 215 Å². The summed E-state index contributed by atoms with van der Waals surface area (Å²) in [5, 5.41) is 5.50. The van der Waals surface area contributed by atoms with Crippen LogP contribution in [0.5, 0.6) is 0 Å². The molecule has 0 bridgehead atoms. The average molecular weight is 505 g/mol. The summed E-state index contributed by atoms with van der Waals surface area (Å²) in [4.78, 5) is 42.8. The van der Waals surface area contributed by atoms with E-state index in [2.05, 4.69) is 30.6 Å². The lowest BCUT2D eigenvalue weighted by molar-refractivity contribution is 0.0923. The van der Waals surface area contributed by atoms with Gasteiger partial charge in [0.25, 0.3) is 11.8 Å². The topological polar surface area (TPSA) is 136 Å². The van der Waals surface area contributed by atoms with Crippen LogP contribution in [-0.2, 0) is 0 Å². The third-order valence-electron chi connectivity index (χ3n) is 5.69. The van der Waals surface area contributed by atoms with Crippen molar-refractivity contribution >= 4 is 34.0 Å². The molecule has 0 saturated heterocycles. The number of para-hydroxylation sites is 4. The van der Waals surface area contributed by atoms with Gasteiger partial charge in [-0.1, -0.05) is 36.4 Å². The fourth-order valence-corrected chi connectivity index (χ4v) is 3.86. The number of carbonyl (C=O) groups is 2. The Morgan fingerprint density at radius 2 is 1.00 bits per heavy atom. The highest BCUT2D eigenvalue weighted by Gasteiger charge is 2.15. The van der Waals surface area contributed by atoms with Crippen LogP contribution in [0.15, 0.2) is 93.8 Å². The van der Waals surface area contributed by atoms with Crippen molar-refractivity contribution in [3.05, 3.63) is 96.3 Å². The quantitative estimate of drug-likeness (QED) is 0.308. The molecule has 2 aromatic carbocycles. The van der Waals surface area contributed by atoms with E-state index in [1.54, 1.807) is 36.4 Å². The van der Waals surface area contributed by atoms with E-state index in [1.807, 2.05) is 48.5 Å². The fourth-order valence-electron chi connectivity index (χ4n) is 3.86. The number of pyridine rings is 2. The normalized spacial score (nSPS) is 11.1. The third kappa shape index (κ3) is 4.70. The number of oxazole rings is 2. The van der Waals surface area contributed by atoms with Crippen LogP contribution in [0.25, 0.3) is 45.4 Å². The van der Waals surface area contributed by atoms with Gasteiger partial charge in [0.1, 0.15) is 33.8 Å². The van der Waals surface area contributed by atoms with Crippen molar-refractivity contribution in [2.45, 2.75) is 0 Å². The van der Waals surface area contributed by atoms with Crippen molar-refractivity contribution in [3.8, 4) is 23.2 Å². The number of nitrogens with one attached hydrogen (secondary N) is 2. The molecule has 0 spiro atoms. The Balaban J connectivity index is 1.05. The molecule has 0 fully saturated rings. The van der Waals surface area contributed by atoms with E-state index in [4.69, 9.17) is 8.83 Å². The molecule has 10 heteroatoms. The molecule has 4 heterocycles. The van der Waals surface area contributed by atoms with Crippen molar-refractivity contribution in [2.24, 2.45) is 0 Å². The molecule has 0 aliphatic carbocycles. The number of rotatable bonds is 7. The van der Waals surface area contributed by atoms with Crippen LogP contribution in [0.1, 0.15) is 21.0 Å². The molecule has 0 atom stereocenters. The van der Waals surface area contributed by atoms with Crippen molar-refractivity contribution in [1.29, 1.82) is 0 Å². The Kier molecular flexibility index (Phi) is 6.03. The molecule has 0 aliphatic rings. The van der Waals surface area contributed by atoms with Crippen molar-refractivity contribution in [3.63, 3.8) is 0 Å². The summed E-state index contributed by atoms with van der Waals surface area (Å²) < 4.78 is 11.5. The van der Waals surface area contributed by atoms with E-state index in [9.17, 15) is 9.59 Å². The summed E-state index contributed by atoms with van der Waals surface area (Å²) in [6.07, 6.45) is 0. The lowest BCUT2D eigenvalue weighted by Gasteiger charge is -2.07. The molecular weight excluding hydrogens is 484 g/mol. The van der Waals surface area contributed by atoms with Gasteiger partial charge in [0, 0.05) is 13.1 Å². The first kappa shape index (κ1) is 23.0. The van der Waals surface area contributed by atoms with Crippen molar-refractivity contribution < 1.29 is 18.4 Å². The van der Waals surface area contributed by atoms with Crippen molar-refractivity contribution in [2.75, 3.05) is 13.1 Å². The number of hydrogen-bond acceptors (Lipinski definition) is 8. The van der Waals surface area contributed by atoms with E-state index in [-0.39, 0.29) is 36.3 Å². The maximum absolute atomic E-state index is 12.6. The highest BCUT2D eigenvalue weighted by Crippen LogP contribution is 2.23. The first-order valence-electron chi connectivity index (χ1n) is 11.9. The lowest BCUT2D eigenvalue weighted by Crippen LogP contribution is -2.35. The van der Waals surface area contributed by atoms with Crippen LogP contribution in [0.4, 0.5) is 0 Å². The molecule has 0 aliphatic heterocycles. The molecule has 38 heavy (non-hydrogen) atoms. The van der Waals surface area contributed by atoms with E-state index in [0.29, 0.717) is 45.4 Å². The van der Waals surface area contributed by atoms with Gasteiger partial charge >= 0.3 is 0 Å². The molecule has 6 aromatic rings. The van der Waals surface area contributed by atoms with Crippen LogP contribution in [0, 0.1) is 0 Å². The molecule has 6 rings (SSSR count). The standard InChI is InChI=1S/C28H20N6O4/c35-25(19-9-5-11-21(31-19)27-33-17-7-1-3-13-23(17)37-27)29-15-16-30-26(36)20-10-6-12-22(32-20)28-34-18-8-2-4-14-24(18)38-28/h1-14H,15-16H2,(H,29,35)(H,30,36). The predicted molar refractivity (Wildman–Crippen MR) is 139 cm³/mol. The second-order valence-corrected chi connectivity index (χ2v) is 8.30. The first-order valence-corrected chi connectivity index (χ1v) is 11.9. The number of amides is 2. The summed E-state index contributed by atoms with van der Waals surface area (Å²) in [5.41, 5.74) is 4.03. The number of aromatic nitrogens is 4. The van der Waals surface area contributed by atoms with Gasteiger partial charge in [0.2, 0.25) is 11.8 Å². The van der Waals surface area contributed by atoms with Gasteiger partial charge in [-0.15, -0.1) is 0 Å². The van der Waals surface area contributed by atoms with E-state index in [0.717, 1.165) is 0 Å². The highest BCUT2D eigenvalue weighted by molar-refractivity contribution is 5.94. The van der Waals surface area contributed by atoms with Crippen molar-refractivity contribution in [1.82, 2.24) is 30.6 Å². The van der Waals surface area contributed by atoms with E-state index >= 15 is 0 Å². The minimum absolute atomic E-state index is 0.199. The number of hydrogen-bond donors (Lipinski definition) is 2. The fraction of sp³-hybridized carbons (Fsp3) is 0.0714. The predicted octanol–water partition coefficient (Wildman–Crippen LogP) is 4.25. The second-order valence-electron chi connectivity index (χ2n) is 8.30. The Hall–Kier alpha value is -5.38. The minimum atomic E-state index is -0.381. The average Bonchev–Trinajstić information content (AvgIpc) is 3.60. The van der Waals surface area contributed by atoms with E-state index < -0.39 is 0 Å². The Bertz CT molecular complexity index is 1590. The summed E-state index contributed by atoms with van der Waals surface area (Å²) in [5.74, 6) is -0.0945. The van der Waals surface area contributed by atoms with Crippen LogP contribution in [-0.4, -0.2) is 44.8 Å². The molecule has 0 radical (unpaired) electrons. The minimum Gasteiger partial charge on any atom is -0.435 e. The molecule has 2 amide bonds. The first-order chi connectivity index (χ1) is 18.6. The number of carbonyl (C=O) groups excluding carboxylic acids is 2. The summed E-state index contributed by atoms with van der Waals surface area (Å²) in [6.45, 7) is 0.397. The summed E-state index contributed by atoms with van der Waals surface area (Å²) in [7, 11) is 0. The zero-order valence-electron chi connectivity index (χ0n) is 19.9. The molecule has 0 unspecified atom stereocenters. The molecule has 186 valence electrons. The van der Waals surface area contributed by atoms with Gasteiger partial charge in [-0.2, -0.15) is 0 Å². The van der Waals surface area contributed by atoms with E-state index in [1.165, 1.54) is 0 Å². The van der Waals surface area contributed by atoms with Gasteiger partial charge in [-0.05, 0) is 48.5 Å². The van der Waals surface area contributed by atoms with Crippen LogP contribution < -0.4 is 10.6 Å². The van der Waals surface area contributed by atoms with Crippen LogP contribution in [0.3, 0.4) is 0 Å². The highest BCUT2D eigenvalue weighted by atomic mass is 16.4. The molecule has 2 N–H and O–H groups in total. The Morgan fingerprint density at radius 1 is 0.553 bits per heavy atom. The maximum Gasteiger partial charge on any atom is 0.269 e. The number of benzene rings is 2. The van der Waals surface area contributed by atoms with Gasteiger partial charge in [-0.3, -0.25) is 9.59 Å². The molecular formula is C28H20N6O4. The zero-order valence-corrected chi connectivity index (χ0v) is 19.9. The number of fused-ring (bicyclic) bond motifs is 2. The number of nitrogens with zero attached hydrogens (tertiary/aromatic N) is 4. The zero-order chi connectivity index (χ0) is 25.9. The van der Waals surface area contributed by atoms with Crippen LogP contribution >= 0.6 is 0 Å². The van der Waals surface area contributed by atoms with Gasteiger partial charge in [0.15, 0.2) is 11.2 Å². The smallest absolute Gasteiger partial charge is 0.269 e. The van der Waals surface area contributed by atoms with Gasteiger partial charge in [0.05, 0.1) is 0 Å². The molecule has 0 saturated carbocycles. The molecule has 10 nitrogen and oxygen atoms in total. The lowest BCUT2D eigenvalue weighted by atomic mass is 10.2. The Morgan fingerprint density at radius 3 is 1.45 bits per heavy atom. The third-order valence-corrected chi connectivity index (χ3v) is 5.69. The second kappa shape index (κ2) is 9.94. The maximum atomic E-state index is 12.6. The SMILES string of the molecule is O=C(NCCNC(=O)c1cccc(-c2nc3ccccc3o2)n1)c1cccc(-c2nc3ccccc3o2)n1.